The summed E-state index contributed by atoms with van der Waals surface area (Å²) in [4.78, 5) is 28.5. The normalized spacial score (nSPS) is 16.4. The lowest BCUT2D eigenvalue weighted by Crippen LogP contribution is -2.29. The van der Waals surface area contributed by atoms with Gasteiger partial charge in [-0.1, -0.05) is 48.0 Å². The van der Waals surface area contributed by atoms with Gasteiger partial charge in [0.15, 0.2) is 0 Å². The molecular weight excluding hydrogens is 500 g/mol. The summed E-state index contributed by atoms with van der Waals surface area (Å²) in [6.07, 6.45) is -0.000858. The van der Waals surface area contributed by atoms with Crippen LogP contribution in [0.2, 0.25) is 0 Å². The molecule has 0 aromatic heterocycles. The number of carbonyl (C=O) groups is 2. The fourth-order valence-corrected chi connectivity index (χ4v) is 4.99. The van der Waals surface area contributed by atoms with E-state index in [1.54, 1.807) is 30.3 Å². The van der Waals surface area contributed by atoms with Crippen molar-refractivity contribution in [3.05, 3.63) is 125 Å². The molecule has 4 aromatic rings. The largest absolute Gasteiger partial charge is 0.507 e. The van der Waals surface area contributed by atoms with Gasteiger partial charge in [-0.05, 0) is 93.4 Å². The van der Waals surface area contributed by atoms with Crippen LogP contribution in [-0.4, -0.2) is 22.9 Å². The molecule has 1 heterocycles. The Morgan fingerprint density at radius 2 is 1.55 bits per heavy atom. The van der Waals surface area contributed by atoms with Gasteiger partial charge in [-0.3, -0.25) is 14.5 Å². The summed E-state index contributed by atoms with van der Waals surface area (Å²) >= 11 is 0. The number of Topliss-reactive ketones (excluding diaryl/α,β-unsaturated/α-hetero) is 1. The molecule has 40 heavy (non-hydrogen) atoms. The number of nitrogens with zero attached hydrogens (tertiary/aromatic N) is 1. The average molecular weight is 533 g/mol. The summed E-state index contributed by atoms with van der Waals surface area (Å²) in [6.45, 7) is 7.73. The number of aryl methyl sites for hydroxylation is 2. The van der Waals surface area contributed by atoms with Crippen LogP contribution in [0.3, 0.4) is 0 Å². The van der Waals surface area contributed by atoms with E-state index in [0.29, 0.717) is 17.0 Å². The number of hydrogen-bond donors (Lipinski definition) is 2. The molecule has 6 nitrogen and oxygen atoms in total. The van der Waals surface area contributed by atoms with Crippen molar-refractivity contribution in [2.24, 2.45) is 0 Å². The highest BCUT2D eigenvalue weighted by Crippen LogP contribution is 2.43. The monoisotopic (exact) mass is 532 g/mol. The molecule has 1 saturated heterocycles. The Bertz CT molecular complexity index is 1590. The third kappa shape index (κ3) is 5.34. The molecule has 1 unspecified atom stereocenters. The van der Waals surface area contributed by atoms with E-state index in [2.05, 4.69) is 5.32 Å². The molecule has 2 N–H and O–H groups in total. The van der Waals surface area contributed by atoms with E-state index in [4.69, 9.17) is 4.74 Å². The number of ketones is 1. The molecule has 5 rings (SSSR count). The van der Waals surface area contributed by atoms with Crippen molar-refractivity contribution >= 4 is 34.5 Å². The minimum Gasteiger partial charge on any atom is -0.507 e. The number of aliphatic hydroxyl groups is 1. The van der Waals surface area contributed by atoms with Gasteiger partial charge in [-0.15, -0.1) is 0 Å². The van der Waals surface area contributed by atoms with Crippen LogP contribution in [0, 0.1) is 13.8 Å². The van der Waals surface area contributed by atoms with Gasteiger partial charge in [0, 0.05) is 22.6 Å². The van der Waals surface area contributed by atoms with Crippen molar-refractivity contribution < 1.29 is 19.4 Å². The molecule has 1 amide bonds. The van der Waals surface area contributed by atoms with Crippen LogP contribution < -0.4 is 15.0 Å². The molecule has 0 saturated carbocycles. The van der Waals surface area contributed by atoms with Gasteiger partial charge in [0.2, 0.25) is 0 Å². The van der Waals surface area contributed by atoms with E-state index < -0.39 is 17.7 Å². The van der Waals surface area contributed by atoms with E-state index >= 15 is 0 Å². The highest BCUT2D eigenvalue weighted by atomic mass is 16.5. The summed E-state index contributed by atoms with van der Waals surface area (Å²) in [5, 5.41) is 14.8. The summed E-state index contributed by atoms with van der Waals surface area (Å²) in [5.74, 6) is -0.927. The fourth-order valence-electron chi connectivity index (χ4n) is 4.99. The Morgan fingerprint density at radius 1 is 0.850 bits per heavy atom. The van der Waals surface area contributed by atoms with Crippen molar-refractivity contribution in [2.45, 2.75) is 39.8 Å². The second-order valence-corrected chi connectivity index (χ2v) is 10.3. The van der Waals surface area contributed by atoms with Crippen LogP contribution in [0.5, 0.6) is 5.75 Å². The summed E-state index contributed by atoms with van der Waals surface area (Å²) < 4.78 is 5.84. The summed E-state index contributed by atoms with van der Waals surface area (Å²) in [6, 6.07) is 29.3. The lowest BCUT2D eigenvalue weighted by atomic mass is 9.94. The summed E-state index contributed by atoms with van der Waals surface area (Å²) in [5.41, 5.74) is 5.39. The first-order valence-corrected chi connectivity index (χ1v) is 13.3. The zero-order valence-corrected chi connectivity index (χ0v) is 23.0. The van der Waals surface area contributed by atoms with Crippen molar-refractivity contribution in [2.75, 3.05) is 10.2 Å². The van der Waals surface area contributed by atoms with E-state index in [1.807, 2.05) is 94.4 Å². The van der Waals surface area contributed by atoms with E-state index in [-0.39, 0.29) is 17.4 Å². The predicted molar refractivity (Wildman–Crippen MR) is 159 cm³/mol. The number of benzene rings is 4. The fraction of sp³-hybridized carbons (Fsp3) is 0.176. The lowest BCUT2D eigenvalue weighted by molar-refractivity contribution is -0.132. The van der Waals surface area contributed by atoms with Gasteiger partial charge in [0.05, 0.1) is 17.7 Å². The number of aliphatic hydroxyl groups excluding tert-OH is 1. The maximum absolute atomic E-state index is 13.5. The standard InChI is InChI=1S/C34H32N2O4/c1-21(2)40-29-18-13-25(20-23(29)4)32(37)30-31(24-10-8-9-22(3)19-24)36(34(39)33(30)38)28-16-14-27(15-17-28)35-26-11-6-5-7-12-26/h5-21,31,35,37H,1-4H3/b32-30-. The zero-order chi connectivity index (χ0) is 28.4. The van der Waals surface area contributed by atoms with E-state index in [0.717, 1.165) is 28.1 Å². The van der Waals surface area contributed by atoms with Gasteiger partial charge in [0.25, 0.3) is 11.7 Å². The third-order valence-corrected chi connectivity index (χ3v) is 6.82. The Morgan fingerprint density at radius 3 is 2.20 bits per heavy atom. The number of carbonyl (C=O) groups excluding carboxylic acids is 2. The maximum atomic E-state index is 13.5. The molecule has 0 bridgehead atoms. The molecule has 1 aliphatic heterocycles. The van der Waals surface area contributed by atoms with E-state index in [9.17, 15) is 14.7 Å². The van der Waals surface area contributed by atoms with Gasteiger partial charge in [0.1, 0.15) is 11.5 Å². The van der Waals surface area contributed by atoms with Gasteiger partial charge in [-0.2, -0.15) is 0 Å². The first kappa shape index (κ1) is 26.8. The SMILES string of the molecule is Cc1cccc(C2/C(=C(/O)c3ccc(OC(C)C)c(C)c3)C(=O)C(=O)N2c2ccc(Nc3ccccc3)cc2)c1. The Kier molecular flexibility index (Phi) is 7.43. The molecule has 1 atom stereocenters. The number of rotatable bonds is 7. The molecule has 1 fully saturated rings. The number of anilines is 3. The smallest absolute Gasteiger partial charge is 0.300 e. The summed E-state index contributed by atoms with van der Waals surface area (Å²) in [7, 11) is 0. The first-order valence-electron chi connectivity index (χ1n) is 13.3. The number of ether oxygens (including phenoxy) is 1. The molecule has 1 aliphatic rings. The second kappa shape index (κ2) is 11.1. The van der Waals surface area contributed by atoms with Crippen LogP contribution >= 0.6 is 0 Å². The van der Waals surface area contributed by atoms with Crippen LogP contribution in [0.25, 0.3) is 5.76 Å². The Balaban J connectivity index is 1.58. The quantitative estimate of drug-likeness (QED) is 0.147. The topological polar surface area (TPSA) is 78.9 Å². The first-order chi connectivity index (χ1) is 19.2. The van der Waals surface area contributed by atoms with Crippen LogP contribution in [0.15, 0.2) is 103 Å². The minimum absolute atomic E-state index is 0.000858. The lowest BCUT2D eigenvalue weighted by Gasteiger charge is -2.26. The second-order valence-electron chi connectivity index (χ2n) is 10.3. The number of para-hydroxylation sites is 1. The molecule has 6 heteroatoms. The van der Waals surface area contributed by atoms with Gasteiger partial charge >= 0.3 is 0 Å². The van der Waals surface area contributed by atoms with Crippen LogP contribution in [0.4, 0.5) is 17.1 Å². The highest BCUT2D eigenvalue weighted by molar-refractivity contribution is 6.51. The Hall–Kier alpha value is -4.84. The zero-order valence-electron chi connectivity index (χ0n) is 23.0. The van der Waals surface area contributed by atoms with E-state index in [1.165, 1.54) is 4.90 Å². The van der Waals surface area contributed by atoms with Crippen LogP contribution in [0.1, 0.15) is 42.1 Å². The van der Waals surface area contributed by atoms with Crippen molar-refractivity contribution in [1.29, 1.82) is 0 Å². The molecular formula is C34H32N2O4. The van der Waals surface area contributed by atoms with Gasteiger partial charge < -0.3 is 15.2 Å². The maximum Gasteiger partial charge on any atom is 0.300 e. The van der Waals surface area contributed by atoms with Crippen LogP contribution in [-0.2, 0) is 9.59 Å². The van der Waals surface area contributed by atoms with Crippen molar-refractivity contribution in [3.8, 4) is 5.75 Å². The number of nitrogens with one attached hydrogen (secondary N) is 1. The molecule has 4 aromatic carbocycles. The number of hydrogen-bond acceptors (Lipinski definition) is 5. The highest BCUT2D eigenvalue weighted by Gasteiger charge is 2.47. The predicted octanol–water partition coefficient (Wildman–Crippen LogP) is 7.46. The molecule has 0 radical (unpaired) electrons. The minimum atomic E-state index is -0.792. The van der Waals surface area contributed by atoms with Crippen molar-refractivity contribution in [3.63, 3.8) is 0 Å². The number of amides is 1. The van der Waals surface area contributed by atoms with Crippen molar-refractivity contribution in [1.82, 2.24) is 0 Å². The van der Waals surface area contributed by atoms with Gasteiger partial charge in [-0.25, -0.2) is 0 Å². The Labute approximate surface area is 234 Å². The average Bonchev–Trinajstić information content (AvgIpc) is 3.20. The molecule has 0 spiro atoms. The molecule has 202 valence electrons. The third-order valence-electron chi connectivity index (χ3n) is 6.82. The molecule has 0 aliphatic carbocycles.